The van der Waals surface area contributed by atoms with Crippen LogP contribution in [0.3, 0.4) is 0 Å². The molecular weight excluding hydrogens is 448 g/mol. The largest absolute Gasteiger partial charge is 0.301 e. The molecule has 5 nitrogen and oxygen atoms in total. The lowest BCUT2D eigenvalue weighted by molar-refractivity contribution is -0.113. The maximum atomic E-state index is 12.2. The van der Waals surface area contributed by atoms with E-state index < -0.39 is 21.5 Å². The number of aromatic nitrogens is 1. The predicted octanol–water partition coefficient (Wildman–Crippen LogP) is 4.05. The number of nitrogens with zero attached hydrogens (tertiary/aromatic N) is 1. The fraction of sp³-hybridized carbons (Fsp3) is 0.158. The molecule has 0 aliphatic rings. The first-order valence-electron chi connectivity index (χ1n) is 8.13. The van der Waals surface area contributed by atoms with Gasteiger partial charge in [0.25, 0.3) is 0 Å². The van der Waals surface area contributed by atoms with Gasteiger partial charge in [0.1, 0.15) is 5.75 Å². The van der Waals surface area contributed by atoms with Crippen molar-refractivity contribution >= 4 is 48.1 Å². The van der Waals surface area contributed by atoms with Crippen LogP contribution in [0.5, 0.6) is 0 Å². The molecule has 0 spiro atoms. The molecule has 1 amide bonds. The average Bonchev–Trinajstić information content (AvgIpc) is 3.03. The summed E-state index contributed by atoms with van der Waals surface area (Å²) in [6.07, 6.45) is 2.42. The van der Waals surface area contributed by atoms with Gasteiger partial charge in [-0.15, -0.1) is 11.3 Å². The van der Waals surface area contributed by atoms with E-state index in [4.69, 9.17) is 0 Å². The molecule has 0 radical (unpaired) electrons. The molecule has 0 atom stereocenters. The first kappa shape index (κ1) is 19.7. The van der Waals surface area contributed by atoms with E-state index in [1.165, 1.54) is 11.3 Å². The van der Waals surface area contributed by atoms with Crippen molar-refractivity contribution in [2.75, 3.05) is 11.1 Å². The second kappa shape index (κ2) is 8.77. The Hall–Kier alpha value is -2.03. The summed E-state index contributed by atoms with van der Waals surface area (Å²) in [7, 11) is -3.56. The smallest absolute Gasteiger partial charge is 0.241 e. The first-order chi connectivity index (χ1) is 12.9. The average molecular weight is 465 g/mol. The van der Waals surface area contributed by atoms with Crippen LogP contribution in [0.15, 0.2) is 65.3 Å². The van der Waals surface area contributed by atoms with Crippen molar-refractivity contribution in [2.24, 2.45) is 0 Å². The lowest BCUT2D eigenvalue weighted by Gasteiger charge is -2.05. The number of hydrogen-bond donors (Lipinski definition) is 1. The van der Waals surface area contributed by atoms with Crippen LogP contribution in [-0.4, -0.2) is 25.1 Å². The number of rotatable bonds is 7. The number of sulfone groups is 1. The van der Waals surface area contributed by atoms with Gasteiger partial charge in [-0.2, -0.15) is 0 Å². The number of carbonyl (C=O) groups is 1. The van der Waals surface area contributed by atoms with Crippen molar-refractivity contribution in [2.45, 2.75) is 12.2 Å². The molecule has 27 heavy (non-hydrogen) atoms. The van der Waals surface area contributed by atoms with Gasteiger partial charge in [-0.1, -0.05) is 58.4 Å². The molecule has 0 aliphatic carbocycles. The summed E-state index contributed by atoms with van der Waals surface area (Å²) in [5.74, 6) is -1.32. The Bertz CT molecular complexity index is 1020. The molecule has 2 aromatic carbocycles. The van der Waals surface area contributed by atoms with E-state index in [2.05, 4.69) is 26.2 Å². The first-order valence-corrected chi connectivity index (χ1v) is 11.6. The van der Waals surface area contributed by atoms with E-state index in [-0.39, 0.29) is 5.75 Å². The van der Waals surface area contributed by atoms with Crippen molar-refractivity contribution < 1.29 is 13.2 Å². The van der Waals surface area contributed by atoms with Crippen LogP contribution in [0.25, 0.3) is 0 Å². The van der Waals surface area contributed by atoms with E-state index in [0.29, 0.717) is 10.7 Å². The summed E-state index contributed by atoms with van der Waals surface area (Å²) in [6.45, 7) is 0. The summed E-state index contributed by atoms with van der Waals surface area (Å²) in [5.41, 5.74) is 1.79. The van der Waals surface area contributed by atoms with Crippen LogP contribution in [0.1, 0.15) is 16.0 Å². The van der Waals surface area contributed by atoms with Crippen LogP contribution in [0, 0.1) is 0 Å². The molecule has 3 aromatic rings. The Morgan fingerprint density at radius 3 is 2.44 bits per heavy atom. The van der Waals surface area contributed by atoms with Crippen molar-refractivity contribution in [3.63, 3.8) is 0 Å². The minimum atomic E-state index is -3.56. The molecule has 1 aromatic heterocycles. The van der Waals surface area contributed by atoms with Gasteiger partial charge in [0, 0.05) is 22.0 Å². The SMILES string of the molecule is O=C(CS(=O)(=O)Cc1ccc(Br)cc1)Nc1ncc(Cc2ccccc2)s1. The Morgan fingerprint density at radius 2 is 1.74 bits per heavy atom. The minimum absolute atomic E-state index is 0.176. The summed E-state index contributed by atoms with van der Waals surface area (Å²) in [4.78, 5) is 17.3. The van der Waals surface area contributed by atoms with Crippen LogP contribution < -0.4 is 5.32 Å². The van der Waals surface area contributed by atoms with Crippen LogP contribution in [-0.2, 0) is 26.8 Å². The molecule has 140 valence electrons. The quantitative estimate of drug-likeness (QED) is 0.571. The maximum Gasteiger partial charge on any atom is 0.241 e. The molecule has 8 heteroatoms. The molecule has 0 aliphatic heterocycles. The lowest BCUT2D eigenvalue weighted by Crippen LogP contribution is -2.23. The highest BCUT2D eigenvalue weighted by molar-refractivity contribution is 9.10. The van der Waals surface area contributed by atoms with Crippen LogP contribution in [0.4, 0.5) is 5.13 Å². The van der Waals surface area contributed by atoms with E-state index in [0.717, 1.165) is 21.3 Å². The number of carbonyl (C=O) groups excluding carboxylic acids is 1. The molecule has 0 fully saturated rings. The number of thiazole rings is 1. The highest BCUT2D eigenvalue weighted by Gasteiger charge is 2.18. The molecule has 3 rings (SSSR count). The summed E-state index contributed by atoms with van der Waals surface area (Å²) in [6, 6.07) is 16.9. The number of benzene rings is 2. The van der Waals surface area contributed by atoms with Crippen LogP contribution in [0.2, 0.25) is 0 Å². The van der Waals surface area contributed by atoms with Gasteiger partial charge < -0.3 is 5.32 Å². The zero-order chi connectivity index (χ0) is 19.3. The van der Waals surface area contributed by atoms with Crippen molar-refractivity contribution in [1.82, 2.24) is 4.98 Å². The Kier molecular flexibility index (Phi) is 6.41. The number of amides is 1. The van der Waals surface area contributed by atoms with E-state index in [1.807, 2.05) is 30.3 Å². The van der Waals surface area contributed by atoms with Gasteiger partial charge >= 0.3 is 0 Å². The van der Waals surface area contributed by atoms with E-state index in [9.17, 15) is 13.2 Å². The number of anilines is 1. The molecule has 1 heterocycles. The standard InChI is InChI=1S/C19H17BrN2O3S2/c20-16-8-6-15(7-9-16)12-27(24,25)13-18(23)22-19-21-11-17(26-19)10-14-4-2-1-3-5-14/h1-9,11H,10,12-13H2,(H,21,22,23). The van der Waals surface area contributed by atoms with Gasteiger partial charge in [0.15, 0.2) is 15.0 Å². The molecular formula is C19H17BrN2O3S2. The van der Waals surface area contributed by atoms with Crippen molar-refractivity contribution in [3.8, 4) is 0 Å². The van der Waals surface area contributed by atoms with E-state index >= 15 is 0 Å². The van der Waals surface area contributed by atoms with Gasteiger partial charge in [-0.3, -0.25) is 4.79 Å². The highest BCUT2D eigenvalue weighted by Crippen LogP contribution is 2.21. The molecule has 0 saturated heterocycles. The molecule has 0 unspecified atom stereocenters. The number of halogens is 1. The Morgan fingerprint density at radius 1 is 1.04 bits per heavy atom. The number of nitrogens with one attached hydrogen (secondary N) is 1. The third-order valence-electron chi connectivity index (χ3n) is 3.67. The second-order valence-electron chi connectivity index (χ2n) is 6.00. The fourth-order valence-electron chi connectivity index (χ4n) is 2.48. The topological polar surface area (TPSA) is 76.1 Å². The normalized spacial score (nSPS) is 11.3. The van der Waals surface area contributed by atoms with Gasteiger partial charge in [0.2, 0.25) is 5.91 Å². The fourth-order valence-corrected chi connectivity index (χ4v) is 4.89. The Balaban J connectivity index is 1.56. The van der Waals surface area contributed by atoms with E-state index in [1.54, 1.807) is 30.5 Å². The van der Waals surface area contributed by atoms with Gasteiger partial charge in [0.05, 0.1) is 5.75 Å². The molecule has 0 bridgehead atoms. The monoisotopic (exact) mass is 464 g/mol. The Labute approximate surface area is 170 Å². The highest BCUT2D eigenvalue weighted by atomic mass is 79.9. The zero-order valence-corrected chi connectivity index (χ0v) is 17.5. The maximum absolute atomic E-state index is 12.2. The summed E-state index contributed by atoms with van der Waals surface area (Å²) >= 11 is 4.65. The number of hydrogen-bond acceptors (Lipinski definition) is 5. The third kappa shape index (κ3) is 6.27. The lowest BCUT2D eigenvalue weighted by atomic mass is 10.1. The summed E-state index contributed by atoms with van der Waals surface area (Å²) in [5, 5.41) is 2.99. The molecule has 0 saturated carbocycles. The summed E-state index contributed by atoms with van der Waals surface area (Å²) < 4.78 is 25.4. The molecule has 1 N–H and O–H groups in total. The van der Waals surface area contributed by atoms with Gasteiger partial charge in [-0.25, -0.2) is 13.4 Å². The second-order valence-corrected chi connectivity index (χ2v) is 10.1. The van der Waals surface area contributed by atoms with Gasteiger partial charge in [-0.05, 0) is 23.3 Å². The van der Waals surface area contributed by atoms with Crippen LogP contribution >= 0.6 is 27.3 Å². The van der Waals surface area contributed by atoms with Crippen molar-refractivity contribution in [3.05, 3.63) is 81.3 Å². The minimum Gasteiger partial charge on any atom is -0.301 e. The predicted molar refractivity (Wildman–Crippen MR) is 112 cm³/mol. The third-order valence-corrected chi connectivity index (χ3v) is 6.59. The zero-order valence-electron chi connectivity index (χ0n) is 14.3. The van der Waals surface area contributed by atoms with Crippen molar-refractivity contribution in [1.29, 1.82) is 0 Å².